The summed E-state index contributed by atoms with van der Waals surface area (Å²) in [5, 5.41) is 7.17. The van der Waals surface area contributed by atoms with E-state index in [1.807, 2.05) is 13.8 Å². The van der Waals surface area contributed by atoms with Gasteiger partial charge in [0.25, 0.3) is 10.2 Å². The Kier molecular flexibility index (Phi) is 5.05. The fraction of sp³-hybridized carbons (Fsp3) is 0.800. The van der Waals surface area contributed by atoms with Gasteiger partial charge in [-0.3, -0.25) is 5.10 Å². The van der Waals surface area contributed by atoms with Crippen LogP contribution in [0.1, 0.15) is 48.7 Å². The number of aromatic amines is 1. The summed E-state index contributed by atoms with van der Waals surface area (Å²) in [6.07, 6.45) is 4.10. The zero-order valence-electron chi connectivity index (χ0n) is 13.9. The highest BCUT2D eigenvalue weighted by Crippen LogP contribution is 2.32. The number of aryl methyl sites for hydroxylation is 2. The van der Waals surface area contributed by atoms with E-state index < -0.39 is 10.2 Å². The average molecular weight is 342 g/mol. The number of hydrogen-bond donors (Lipinski definition) is 1. The molecule has 0 aromatic carbocycles. The molecule has 3 rings (SSSR count). The monoisotopic (exact) mass is 342 g/mol. The van der Waals surface area contributed by atoms with E-state index in [0.717, 1.165) is 42.6 Å². The Balaban J connectivity index is 1.91. The lowest BCUT2D eigenvalue weighted by Gasteiger charge is -2.37. The van der Waals surface area contributed by atoms with E-state index in [4.69, 9.17) is 4.74 Å². The van der Waals surface area contributed by atoms with Gasteiger partial charge in [0.05, 0.1) is 24.9 Å². The van der Waals surface area contributed by atoms with Crippen molar-refractivity contribution in [1.29, 1.82) is 0 Å². The predicted molar refractivity (Wildman–Crippen MR) is 87.3 cm³/mol. The number of nitrogens with one attached hydrogen (secondary N) is 1. The summed E-state index contributed by atoms with van der Waals surface area (Å²) in [7, 11) is -3.47. The second kappa shape index (κ2) is 6.88. The van der Waals surface area contributed by atoms with Crippen LogP contribution in [0.3, 0.4) is 0 Å². The Labute approximate surface area is 138 Å². The van der Waals surface area contributed by atoms with Crippen LogP contribution in [0.5, 0.6) is 0 Å². The molecule has 0 bridgehead atoms. The maximum absolute atomic E-state index is 13.2. The van der Waals surface area contributed by atoms with Gasteiger partial charge < -0.3 is 4.74 Å². The van der Waals surface area contributed by atoms with Gasteiger partial charge in [0.15, 0.2) is 0 Å². The molecule has 1 aromatic rings. The van der Waals surface area contributed by atoms with Crippen LogP contribution < -0.4 is 0 Å². The van der Waals surface area contributed by atoms with Crippen LogP contribution >= 0.6 is 0 Å². The number of H-pyrrole nitrogens is 1. The van der Waals surface area contributed by atoms with Crippen LogP contribution in [0, 0.1) is 13.8 Å². The molecule has 0 amide bonds. The van der Waals surface area contributed by atoms with Crippen molar-refractivity contribution in [2.45, 2.75) is 45.6 Å². The fourth-order valence-electron chi connectivity index (χ4n) is 3.56. The van der Waals surface area contributed by atoms with Crippen LogP contribution in [-0.4, -0.2) is 60.1 Å². The molecule has 2 aliphatic rings. The van der Waals surface area contributed by atoms with Crippen LogP contribution in [0.25, 0.3) is 0 Å². The fourth-order valence-corrected chi connectivity index (χ4v) is 5.37. The number of morpholine rings is 1. The molecular formula is C15H26N4O3S. The number of rotatable bonds is 3. The van der Waals surface area contributed by atoms with Crippen molar-refractivity contribution in [1.82, 2.24) is 18.8 Å². The topological polar surface area (TPSA) is 78.5 Å². The maximum atomic E-state index is 13.2. The van der Waals surface area contributed by atoms with E-state index in [0.29, 0.717) is 32.8 Å². The third-order valence-electron chi connectivity index (χ3n) is 4.79. The summed E-state index contributed by atoms with van der Waals surface area (Å²) in [5.74, 6) is 0. The Morgan fingerprint density at radius 3 is 2.43 bits per heavy atom. The smallest absolute Gasteiger partial charge is 0.282 e. The van der Waals surface area contributed by atoms with Gasteiger partial charge >= 0.3 is 0 Å². The molecule has 7 nitrogen and oxygen atoms in total. The normalized spacial score (nSPS) is 25.4. The Bertz CT molecular complexity index is 616. The molecule has 8 heteroatoms. The minimum absolute atomic E-state index is 0.296. The number of hydrogen-bond acceptors (Lipinski definition) is 4. The lowest BCUT2D eigenvalue weighted by molar-refractivity contribution is 0.0287. The van der Waals surface area contributed by atoms with Gasteiger partial charge in [-0.05, 0) is 26.7 Å². The first-order valence-electron chi connectivity index (χ1n) is 8.38. The van der Waals surface area contributed by atoms with E-state index >= 15 is 0 Å². The Morgan fingerprint density at radius 2 is 1.83 bits per heavy atom. The summed E-state index contributed by atoms with van der Waals surface area (Å²) in [6, 6.07) is -0.296. The zero-order valence-corrected chi connectivity index (χ0v) is 14.7. The first kappa shape index (κ1) is 16.9. The largest absolute Gasteiger partial charge is 0.378 e. The van der Waals surface area contributed by atoms with Crippen LogP contribution in [0.4, 0.5) is 0 Å². The van der Waals surface area contributed by atoms with Crippen molar-refractivity contribution >= 4 is 10.2 Å². The van der Waals surface area contributed by atoms with E-state index in [1.54, 1.807) is 8.61 Å². The molecule has 130 valence electrons. The minimum atomic E-state index is -3.47. The maximum Gasteiger partial charge on any atom is 0.282 e. The van der Waals surface area contributed by atoms with Crippen molar-refractivity contribution in [3.8, 4) is 0 Å². The minimum Gasteiger partial charge on any atom is -0.378 e. The third-order valence-corrected chi connectivity index (χ3v) is 6.83. The molecule has 0 radical (unpaired) electrons. The van der Waals surface area contributed by atoms with Gasteiger partial charge in [-0.2, -0.15) is 22.1 Å². The quantitative estimate of drug-likeness (QED) is 0.903. The number of nitrogens with zero attached hydrogens (tertiary/aromatic N) is 3. The van der Waals surface area contributed by atoms with E-state index in [2.05, 4.69) is 10.2 Å². The van der Waals surface area contributed by atoms with Gasteiger partial charge in [-0.25, -0.2) is 0 Å². The van der Waals surface area contributed by atoms with Crippen molar-refractivity contribution in [3.05, 3.63) is 17.0 Å². The van der Waals surface area contributed by atoms with E-state index in [9.17, 15) is 8.42 Å². The molecule has 1 N–H and O–H groups in total. The van der Waals surface area contributed by atoms with Gasteiger partial charge in [0, 0.05) is 30.9 Å². The SMILES string of the molecule is Cc1n[nH]c(C)c1C1COCCN1S(=O)(=O)N1CCCCCC1. The molecule has 23 heavy (non-hydrogen) atoms. The summed E-state index contributed by atoms with van der Waals surface area (Å²) >= 11 is 0. The average Bonchev–Trinajstić information content (AvgIpc) is 2.75. The zero-order chi connectivity index (χ0) is 16.4. The van der Waals surface area contributed by atoms with Crippen molar-refractivity contribution in [2.75, 3.05) is 32.8 Å². The summed E-state index contributed by atoms with van der Waals surface area (Å²) in [5.41, 5.74) is 2.70. The molecule has 2 aliphatic heterocycles. The van der Waals surface area contributed by atoms with Gasteiger partial charge in [0.2, 0.25) is 0 Å². The highest BCUT2D eigenvalue weighted by atomic mass is 32.2. The van der Waals surface area contributed by atoms with Gasteiger partial charge in [-0.1, -0.05) is 12.8 Å². The van der Waals surface area contributed by atoms with Crippen LogP contribution in [0.2, 0.25) is 0 Å². The van der Waals surface area contributed by atoms with Crippen molar-refractivity contribution < 1.29 is 13.2 Å². The first-order valence-corrected chi connectivity index (χ1v) is 9.77. The molecule has 1 unspecified atom stereocenters. The molecule has 1 atom stereocenters. The summed E-state index contributed by atoms with van der Waals surface area (Å²) < 4.78 is 35.2. The van der Waals surface area contributed by atoms with Crippen LogP contribution in [0.15, 0.2) is 0 Å². The third kappa shape index (κ3) is 3.31. The number of ether oxygens (including phenoxy) is 1. The lowest BCUT2D eigenvalue weighted by Crippen LogP contribution is -2.50. The summed E-state index contributed by atoms with van der Waals surface area (Å²) in [6.45, 7) is 6.30. The Hall–Kier alpha value is -0.960. The van der Waals surface area contributed by atoms with Gasteiger partial charge in [-0.15, -0.1) is 0 Å². The van der Waals surface area contributed by atoms with Crippen molar-refractivity contribution in [3.63, 3.8) is 0 Å². The van der Waals surface area contributed by atoms with E-state index in [-0.39, 0.29) is 6.04 Å². The molecule has 0 saturated carbocycles. The predicted octanol–water partition coefficient (Wildman–Crippen LogP) is 1.52. The molecule has 2 fully saturated rings. The highest BCUT2D eigenvalue weighted by Gasteiger charge is 2.39. The highest BCUT2D eigenvalue weighted by molar-refractivity contribution is 7.86. The standard InChI is InChI=1S/C15H26N4O3S/c1-12-15(13(2)17-16-12)14-11-22-10-9-19(14)23(20,21)18-7-5-3-4-6-8-18/h14H,3-11H2,1-2H3,(H,16,17). The molecule has 2 saturated heterocycles. The van der Waals surface area contributed by atoms with Crippen LogP contribution in [-0.2, 0) is 14.9 Å². The van der Waals surface area contributed by atoms with E-state index in [1.165, 1.54) is 0 Å². The lowest BCUT2D eigenvalue weighted by atomic mass is 10.1. The molecule has 1 aromatic heterocycles. The molecular weight excluding hydrogens is 316 g/mol. The van der Waals surface area contributed by atoms with Crippen molar-refractivity contribution in [2.24, 2.45) is 0 Å². The summed E-state index contributed by atoms with van der Waals surface area (Å²) in [4.78, 5) is 0. The second-order valence-corrected chi connectivity index (χ2v) is 8.25. The Morgan fingerprint density at radius 1 is 1.13 bits per heavy atom. The number of aromatic nitrogens is 2. The first-order chi connectivity index (χ1) is 11.0. The van der Waals surface area contributed by atoms with Gasteiger partial charge in [0.1, 0.15) is 0 Å². The molecule has 3 heterocycles. The second-order valence-electron chi connectivity index (χ2n) is 6.37. The molecule has 0 spiro atoms. The molecule has 0 aliphatic carbocycles.